The molecule has 0 aliphatic carbocycles. The lowest BCUT2D eigenvalue weighted by atomic mass is 9.67. The Morgan fingerprint density at radius 1 is 0.943 bits per heavy atom. The second kappa shape index (κ2) is 8.02. The van der Waals surface area contributed by atoms with Gasteiger partial charge in [-0.3, -0.25) is 4.90 Å². The lowest BCUT2D eigenvalue weighted by molar-refractivity contribution is 0.157. The Morgan fingerprint density at radius 2 is 1.66 bits per heavy atom. The number of aliphatic imine (C=N–C) groups is 1. The predicted molar refractivity (Wildman–Crippen MR) is 145 cm³/mol. The van der Waals surface area contributed by atoms with Crippen LogP contribution in [0.25, 0.3) is 5.57 Å². The molecule has 4 aliphatic rings. The Balaban J connectivity index is 1.69. The normalized spacial score (nSPS) is 26.4. The standard InChI is InChI=1S/C29H34N6/c1-6-29(7-2)20(3)21-12-8-10-14-23(21)35-26-25(30-16-17-31-26)33(5)28(35)27-32(4)18-19-34(27)24-15-11-9-13-22(24)29/h8-19,25,27-28,30H,3,6-7H2,1-2,4-5H3. The van der Waals surface area contributed by atoms with Crippen LogP contribution >= 0.6 is 0 Å². The quantitative estimate of drug-likeness (QED) is 0.682. The average Bonchev–Trinajstić information content (AvgIpc) is 3.41. The van der Waals surface area contributed by atoms with Crippen LogP contribution in [0.1, 0.15) is 37.8 Å². The minimum absolute atomic E-state index is 0.000255. The Morgan fingerprint density at radius 3 is 2.43 bits per heavy atom. The van der Waals surface area contributed by atoms with Gasteiger partial charge in [0, 0.05) is 48.5 Å². The molecule has 1 fully saturated rings. The zero-order valence-corrected chi connectivity index (χ0v) is 21.0. The number of allylic oxidation sites excluding steroid dienone is 1. The fourth-order valence-corrected chi connectivity index (χ4v) is 6.61. The number of anilines is 2. The van der Waals surface area contributed by atoms with Crippen molar-refractivity contribution in [2.24, 2.45) is 4.99 Å². The lowest BCUT2D eigenvalue weighted by Crippen LogP contribution is -2.58. The molecule has 6 heteroatoms. The Labute approximate surface area is 208 Å². The van der Waals surface area contributed by atoms with Gasteiger partial charge in [-0.25, -0.2) is 4.99 Å². The molecule has 6 rings (SSSR count). The summed E-state index contributed by atoms with van der Waals surface area (Å²) in [6.45, 7) is 9.40. The summed E-state index contributed by atoms with van der Waals surface area (Å²) >= 11 is 0. The van der Waals surface area contributed by atoms with Crippen molar-refractivity contribution < 1.29 is 0 Å². The van der Waals surface area contributed by atoms with E-state index in [-0.39, 0.29) is 23.9 Å². The van der Waals surface area contributed by atoms with Gasteiger partial charge in [0.2, 0.25) is 0 Å². The van der Waals surface area contributed by atoms with E-state index in [0.29, 0.717) is 0 Å². The largest absolute Gasteiger partial charge is 0.368 e. The molecule has 0 aromatic heterocycles. The van der Waals surface area contributed by atoms with E-state index in [1.54, 1.807) is 0 Å². The van der Waals surface area contributed by atoms with Crippen LogP contribution in [0, 0.1) is 0 Å². The minimum atomic E-state index is -0.184. The first kappa shape index (κ1) is 22.0. The van der Waals surface area contributed by atoms with Crippen LogP contribution in [0.15, 0.2) is 84.9 Å². The third-order valence-electron chi connectivity index (χ3n) is 8.52. The first-order valence-corrected chi connectivity index (χ1v) is 12.6. The fourth-order valence-electron chi connectivity index (χ4n) is 6.61. The maximum Gasteiger partial charge on any atom is 0.148 e. The third-order valence-corrected chi connectivity index (χ3v) is 8.52. The fraction of sp³-hybridized carbons (Fsp3) is 0.345. The van der Waals surface area contributed by atoms with E-state index >= 15 is 0 Å². The van der Waals surface area contributed by atoms with Gasteiger partial charge < -0.3 is 20.0 Å². The number of para-hydroxylation sites is 2. The summed E-state index contributed by atoms with van der Waals surface area (Å²) in [5.74, 6) is 1.02. The summed E-state index contributed by atoms with van der Waals surface area (Å²) in [6, 6.07) is 17.7. The zero-order valence-electron chi connectivity index (χ0n) is 21.0. The molecule has 2 aromatic rings. The number of hydrogen-bond acceptors (Lipinski definition) is 6. The molecule has 1 saturated heterocycles. The highest BCUT2D eigenvalue weighted by Crippen LogP contribution is 2.51. The van der Waals surface area contributed by atoms with Gasteiger partial charge in [-0.1, -0.05) is 56.8 Å². The number of amidine groups is 1. The van der Waals surface area contributed by atoms with Crippen molar-refractivity contribution in [1.29, 1.82) is 0 Å². The maximum absolute atomic E-state index is 4.91. The molecule has 0 radical (unpaired) electrons. The molecule has 0 bridgehead atoms. The maximum atomic E-state index is 4.91. The van der Waals surface area contributed by atoms with E-state index in [4.69, 9.17) is 11.6 Å². The number of likely N-dealkylation sites (N-methyl/N-ethyl adjacent to an activating group) is 2. The monoisotopic (exact) mass is 466 g/mol. The second-order valence-corrected chi connectivity index (χ2v) is 9.91. The number of rotatable bonds is 2. The van der Waals surface area contributed by atoms with Gasteiger partial charge in [-0.2, -0.15) is 0 Å². The van der Waals surface area contributed by atoms with Gasteiger partial charge in [-0.05, 0) is 43.2 Å². The Kier molecular flexibility index (Phi) is 5.04. The molecule has 0 spiro atoms. The lowest BCUT2D eigenvalue weighted by Gasteiger charge is -2.46. The van der Waals surface area contributed by atoms with Crippen molar-refractivity contribution in [3.63, 3.8) is 0 Å². The molecular formula is C29H34N6. The molecule has 180 valence electrons. The number of benzene rings is 2. The highest BCUT2D eigenvalue weighted by atomic mass is 15.6. The van der Waals surface area contributed by atoms with Crippen LogP contribution in [0.3, 0.4) is 0 Å². The molecule has 0 saturated carbocycles. The van der Waals surface area contributed by atoms with Crippen molar-refractivity contribution >= 4 is 22.8 Å². The van der Waals surface area contributed by atoms with Crippen LogP contribution in [0.4, 0.5) is 11.4 Å². The van der Waals surface area contributed by atoms with Crippen molar-refractivity contribution in [1.82, 2.24) is 15.1 Å². The van der Waals surface area contributed by atoms with Crippen LogP contribution in [-0.4, -0.2) is 48.2 Å². The molecule has 6 nitrogen and oxygen atoms in total. The minimum Gasteiger partial charge on any atom is -0.368 e. The summed E-state index contributed by atoms with van der Waals surface area (Å²) in [5.41, 5.74) is 5.95. The van der Waals surface area contributed by atoms with Crippen molar-refractivity contribution in [3.05, 3.63) is 91.0 Å². The van der Waals surface area contributed by atoms with Crippen LogP contribution in [0.2, 0.25) is 0 Å². The van der Waals surface area contributed by atoms with Gasteiger partial charge in [0.1, 0.15) is 24.3 Å². The molecule has 4 heterocycles. The van der Waals surface area contributed by atoms with E-state index in [0.717, 1.165) is 18.7 Å². The topological polar surface area (TPSA) is 37.4 Å². The number of nitrogens with one attached hydrogen (secondary N) is 1. The SMILES string of the molecule is C=C1c2ccccc2N2C3=NC=CNC3N(C)C2C2N(C)C=CN2c2ccccc2C1(CC)CC. The van der Waals surface area contributed by atoms with Gasteiger partial charge >= 0.3 is 0 Å². The number of fused-ring (bicyclic) bond motifs is 9. The highest BCUT2D eigenvalue weighted by Gasteiger charge is 2.52. The van der Waals surface area contributed by atoms with Gasteiger partial charge in [0.15, 0.2) is 0 Å². The van der Waals surface area contributed by atoms with Gasteiger partial charge in [0.05, 0.1) is 5.69 Å². The summed E-state index contributed by atoms with van der Waals surface area (Å²) in [6.07, 6.45) is 10.3. The predicted octanol–water partition coefficient (Wildman–Crippen LogP) is 4.90. The number of hydrogen-bond donors (Lipinski definition) is 1. The van der Waals surface area contributed by atoms with Crippen molar-refractivity contribution in [2.45, 2.75) is 50.6 Å². The molecule has 35 heavy (non-hydrogen) atoms. The molecular weight excluding hydrogens is 432 g/mol. The first-order valence-electron chi connectivity index (χ1n) is 12.6. The van der Waals surface area contributed by atoms with E-state index in [9.17, 15) is 0 Å². The zero-order chi connectivity index (χ0) is 24.3. The Bertz CT molecular complexity index is 1260. The van der Waals surface area contributed by atoms with E-state index in [2.05, 4.69) is 114 Å². The second-order valence-electron chi connectivity index (χ2n) is 9.91. The van der Waals surface area contributed by atoms with Gasteiger partial charge in [-0.15, -0.1) is 0 Å². The molecule has 0 amide bonds. The third kappa shape index (κ3) is 2.89. The molecule has 3 atom stereocenters. The molecule has 3 unspecified atom stereocenters. The van der Waals surface area contributed by atoms with Crippen molar-refractivity contribution in [2.75, 3.05) is 23.9 Å². The summed E-state index contributed by atoms with van der Waals surface area (Å²) < 4.78 is 0. The average molecular weight is 467 g/mol. The van der Waals surface area contributed by atoms with Crippen molar-refractivity contribution in [3.8, 4) is 0 Å². The smallest absolute Gasteiger partial charge is 0.148 e. The summed E-state index contributed by atoms with van der Waals surface area (Å²) in [5, 5.41) is 3.55. The summed E-state index contributed by atoms with van der Waals surface area (Å²) in [4.78, 5) is 14.5. The van der Waals surface area contributed by atoms with Gasteiger partial charge in [0.25, 0.3) is 0 Å². The highest BCUT2D eigenvalue weighted by molar-refractivity contribution is 6.07. The van der Waals surface area contributed by atoms with Crippen LogP contribution in [-0.2, 0) is 5.41 Å². The molecule has 1 N–H and O–H groups in total. The molecule has 2 aromatic carbocycles. The van der Waals surface area contributed by atoms with Crippen LogP contribution < -0.4 is 15.1 Å². The summed E-state index contributed by atoms with van der Waals surface area (Å²) in [7, 11) is 4.37. The first-order chi connectivity index (χ1) is 17.0. The number of nitrogens with zero attached hydrogens (tertiary/aromatic N) is 5. The van der Waals surface area contributed by atoms with Crippen LogP contribution in [0.5, 0.6) is 0 Å². The Hall–Kier alpha value is -3.51. The van der Waals surface area contributed by atoms with E-state index < -0.39 is 0 Å². The van der Waals surface area contributed by atoms with E-state index in [1.165, 1.54) is 28.1 Å². The van der Waals surface area contributed by atoms with E-state index in [1.807, 2.05) is 12.4 Å². The molecule has 4 aliphatic heterocycles.